The number of H-pyrrole nitrogens is 1. The molecular weight excluding hydrogens is 451 g/mol. The lowest BCUT2D eigenvalue weighted by Gasteiger charge is -2.39. The summed E-state index contributed by atoms with van der Waals surface area (Å²) < 4.78 is 23.2. The van der Waals surface area contributed by atoms with Crippen molar-refractivity contribution < 1.29 is 19.0 Å². The van der Waals surface area contributed by atoms with Crippen molar-refractivity contribution in [1.82, 2.24) is 19.7 Å². The molecule has 0 amide bonds. The average Bonchev–Trinajstić information content (AvgIpc) is 3.42. The van der Waals surface area contributed by atoms with E-state index in [-0.39, 0.29) is 29.1 Å². The van der Waals surface area contributed by atoms with E-state index in [2.05, 4.69) is 20.5 Å². The third-order valence-electron chi connectivity index (χ3n) is 6.36. The molecule has 5 N–H and O–H groups in total. The Morgan fingerprint density at radius 3 is 2.88 bits per heavy atom. The van der Waals surface area contributed by atoms with E-state index in [1.54, 1.807) is 11.5 Å². The molecule has 1 aromatic carbocycles. The second-order valence-electron chi connectivity index (χ2n) is 8.39. The first-order valence-electron chi connectivity index (χ1n) is 10.6. The van der Waals surface area contributed by atoms with Crippen LogP contribution in [0.2, 0.25) is 0 Å². The number of nitrogens with two attached hydrogens (primary N) is 1. The molecule has 0 saturated heterocycles. The predicted octanol–water partition coefficient (Wildman–Crippen LogP) is 2.71. The molecule has 0 bridgehead atoms. The molecule has 1 spiro atoms. The van der Waals surface area contributed by atoms with Crippen LogP contribution in [0.5, 0.6) is 5.75 Å². The molecule has 0 radical (unpaired) electrons. The zero-order valence-corrected chi connectivity index (χ0v) is 18.7. The van der Waals surface area contributed by atoms with E-state index in [1.165, 1.54) is 18.0 Å². The van der Waals surface area contributed by atoms with Crippen molar-refractivity contribution in [3.63, 3.8) is 0 Å². The Morgan fingerprint density at radius 1 is 1.45 bits per heavy atom. The van der Waals surface area contributed by atoms with E-state index < -0.39 is 28.3 Å². The number of carbonyl (C=O) groups is 1. The number of aromatic carboxylic acids is 1. The number of nitrogens with one attached hydrogen (secondary N) is 2. The number of carboxylic acids is 1. The van der Waals surface area contributed by atoms with Gasteiger partial charge in [-0.25, -0.2) is 14.2 Å². The maximum Gasteiger partial charge on any atom is 0.341 e. The van der Waals surface area contributed by atoms with E-state index in [0.29, 0.717) is 28.8 Å². The number of aromatic nitrogens is 4. The van der Waals surface area contributed by atoms with Crippen LogP contribution in [0, 0.1) is 12.7 Å². The predicted molar refractivity (Wildman–Crippen MR) is 122 cm³/mol. The second-order valence-corrected chi connectivity index (χ2v) is 9.47. The van der Waals surface area contributed by atoms with Gasteiger partial charge in [0.05, 0.1) is 22.1 Å². The standard InChI is InChI=1S/C21H23FN6O4S/c1-10-25-20(27-26-10)33-7-6-24-15-13(22)14(23)12-16-18(15)32-9-21(4-2-3-5-21)28(16)8-11(17(12)29)19(30)31/h8,24H,2-7,9,23H2,1H3,(H,30,31)(H,25,26,27). The summed E-state index contributed by atoms with van der Waals surface area (Å²) in [6.45, 7) is 2.41. The number of aromatic amines is 1. The van der Waals surface area contributed by atoms with Crippen LogP contribution in [0.25, 0.3) is 10.9 Å². The summed E-state index contributed by atoms with van der Waals surface area (Å²) in [7, 11) is 0. The highest BCUT2D eigenvalue weighted by Gasteiger charge is 2.43. The van der Waals surface area contributed by atoms with Crippen LogP contribution in [0.1, 0.15) is 41.9 Å². The van der Waals surface area contributed by atoms with E-state index in [4.69, 9.17) is 10.5 Å². The number of pyridine rings is 1. The number of thioether (sulfide) groups is 1. The maximum absolute atomic E-state index is 15.4. The van der Waals surface area contributed by atoms with Crippen LogP contribution in [0.15, 0.2) is 16.1 Å². The molecule has 0 unspecified atom stereocenters. The summed E-state index contributed by atoms with van der Waals surface area (Å²) >= 11 is 1.42. The topological polar surface area (TPSA) is 148 Å². The van der Waals surface area contributed by atoms with Crippen molar-refractivity contribution in [3.8, 4) is 5.75 Å². The summed E-state index contributed by atoms with van der Waals surface area (Å²) in [5.41, 5.74) is 4.40. The smallest absolute Gasteiger partial charge is 0.341 e. The Kier molecular flexibility index (Phi) is 5.19. The third-order valence-corrected chi connectivity index (χ3v) is 7.22. The zero-order chi connectivity index (χ0) is 23.3. The summed E-state index contributed by atoms with van der Waals surface area (Å²) in [4.78, 5) is 29.0. The highest BCUT2D eigenvalue weighted by Crippen LogP contribution is 2.48. The molecule has 33 heavy (non-hydrogen) atoms. The van der Waals surface area contributed by atoms with Crippen molar-refractivity contribution in [2.24, 2.45) is 0 Å². The SMILES string of the molecule is Cc1n[nH]c(SCCNc2c(F)c(N)c3c(=O)c(C(=O)O)cn4c3c2OCC42CCCC2)n1. The molecule has 1 aliphatic heterocycles. The Morgan fingerprint density at radius 2 is 2.21 bits per heavy atom. The van der Waals surface area contributed by atoms with Gasteiger partial charge >= 0.3 is 5.97 Å². The van der Waals surface area contributed by atoms with Gasteiger partial charge in [0.1, 0.15) is 23.7 Å². The first kappa shape index (κ1) is 21.6. The van der Waals surface area contributed by atoms with Crippen LogP contribution in [-0.4, -0.2) is 49.7 Å². The molecular formula is C21H23FN6O4S. The van der Waals surface area contributed by atoms with Crippen LogP contribution in [0.4, 0.5) is 15.8 Å². The number of hydrogen-bond acceptors (Lipinski definition) is 8. The fourth-order valence-electron chi connectivity index (χ4n) is 4.78. The van der Waals surface area contributed by atoms with Gasteiger partial charge in [-0.05, 0) is 19.8 Å². The Labute approximate surface area is 191 Å². The molecule has 3 aromatic rings. The number of halogens is 1. The van der Waals surface area contributed by atoms with Gasteiger partial charge < -0.3 is 25.5 Å². The van der Waals surface area contributed by atoms with Gasteiger partial charge in [-0.3, -0.25) is 9.89 Å². The van der Waals surface area contributed by atoms with E-state index >= 15 is 4.39 Å². The van der Waals surface area contributed by atoms with Gasteiger partial charge in [0.2, 0.25) is 5.43 Å². The molecule has 3 heterocycles. The lowest BCUT2D eigenvalue weighted by atomic mass is 9.93. The van der Waals surface area contributed by atoms with Crippen LogP contribution in [-0.2, 0) is 5.54 Å². The van der Waals surface area contributed by atoms with Gasteiger partial charge in [-0.15, -0.1) is 0 Å². The number of anilines is 2. The molecule has 10 nitrogen and oxygen atoms in total. The number of carboxylic acid groups (broad SMARTS) is 1. The lowest BCUT2D eigenvalue weighted by molar-refractivity contribution is 0.0692. The number of nitrogens with zero attached hydrogens (tertiary/aromatic N) is 3. The fraction of sp³-hybridized carbons (Fsp3) is 0.429. The highest BCUT2D eigenvalue weighted by atomic mass is 32.2. The number of ether oxygens (including phenoxy) is 1. The Hall–Kier alpha value is -3.28. The molecule has 2 aromatic heterocycles. The maximum atomic E-state index is 15.4. The van der Waals surface area contributed by atoms with E-state index in [9.17, 15) is 14.7 Å². The minimum atomic E-state index is -1.37. The number of rotatable bonds is 6. The molecule has 1 saturated carbocycles. The van der Waals surface area contributed by atoms with Gasteiger partial charge in [0.25, 0.3) is 0 Å². The summed E-state index contributed by atoms with van der Waals surface area (Å²) in [6.07, 6.45) is 4.82. The average molecular weight is 475 g/mol. The minimum Gasteiger partial charge on any atom is -0.487 e. The van der Waals surface area contributed by atoms with Crippen molar-refractivity contribution in [1.29, 1.82) is 0 Å². The monoisotopic (exact) mass is 474 g/mol. The van der Waals surface area contributed by atoms with Gasteiger partial charge in [0, 0.05) is 18.5 Å². The number of benzene rings is 1. The van der Waals surface area contributed by atoms with E-state index in [0.717, 1.165) is 25.7 Å². The Balaban J connectivity index is 1.60. The Bertz CT molecular complexity index is 1330. The highest BCUT2D eigenvalue weighted by molar-refractivity contribution is 7.99. The summed E-state index contributed by atoms with van der Waals surface area (Å²) in [5, 5.41) is 19.9. The molecule has 2 aliphatic rings. The van der Waals surface area contributed by atoms with Crippen LogP contribution < -0.4 is 21.2 Å². The van der Waals surface area contributed by atoms with Gasteiger partial charge in [-0.1, -0.05) is 24.6 Å². The first-order chi connectivity index (χ1) is 15.8. The van der Waals surface area contributed by atoms with E-state index in [1.807, 2.05) is 0 Å². The van der Waals surface area contributed by atoms with Crippen LogP contribution >= 0.6 is 11.8 Å². The zero-order valence-electron chi connectivity index (χ0n) is 17.9. The lowest BCUT2D eigenvalue weighted by Crippen LogP contribution is -2.42. The number of hydrogen-bond donors (Lipinski definition) is 4. The molecule has 1 fully saturated rings. The molecule has 5 rings (SSSR count). The summed E-state index contributed by atoms with van der Waals surface area (Å²) in [5.74, 6) is -0.819. The second kappa shape index (κ2) is 7.94. The fourth-order valence-corrected chi connectivity index (χ4v) is 5.49. The van der Waals surface area contributed by atoms with Crippen molar-refractivity contribution in [3.05, 3.63) is 33.6 Å². The summed E-state index contributed by atoms with van der Waals surface area (Å²) in [6, 6.07) is 0. The quantitative estimate of drug-likeness (QED) is 0.240. The molecule has 174 valence electrons. The molecule has 1 aliphatic carbocycles. The molecule has 0 atom stereocenters. The third kappa shape index (κ3) is 3.39. The normalized spacial score (nSPS) is 16.3. The van der Waals surface area contributed by atoms with Gasteiger partial charge in [0.15, 0.2) is 16.7 Å². The minimum absolute atomic E-state index is 0.0680. The first-order valence-corrected chi connectivity index (χ1v) is 11.6. The largest absolute Gasteiger partial charge is 0.487 e. The number of fused-ring (bicyclic) bond motifs is 1. The van der Waals surface area contributed by atoms with Crippen molar-refractivity contribution in [2.45, 2.75) is 43.3 Å². The number of nitrogen functional groups attached to an aromatic ring is 1. The van der Waals surface area contributed by atoms with Crippen molar-refractivity contribution in [2.75, 3.05) is 30.0 Å². The number of aryl methyl sites for hydroxylation is 1. The van der Waals surface area contributed by atoms with Gasteiger partial charge in [-0.2, -0.15) is 5.10 Å². The molecule has 12 heteroatoms. The van der Waals surface area contributed by atoms with Crippen LogP contribution in [0.3, 0.4) is 0 Å². The van der Waals surface area contributed by atoms with Crippen molar-refractivity contribution >= 4 is 40.0 Å².